The van der Waals surface area contributed by atoms with Crippen LogP contribution in [-0.4, -0.2) is 37.2 Å². The Bertz CT molecular complexity index is 1320. The minimum Gasteiger partial charge on any atom is -0.493 e. The average Bonchev–Trinajstić information content (AvgIpc) is 2.87. The summed E-state index contributed by atoms with van der Waals surface area (Å²) in [6.45, 7) is 0. The molecule has 1 N–H and O–H groups in total. The number of rotatable bonds is 8. The molecule has 172 valence electrons. The van der Waals surface area contributed by atoms with Gasteiger partial charge in [0, 0.05) is 29.5 Å². The van der Waals surface area contributed by atoms with E-state index < -0.39 is 0 Å². The summed E-state index contributed by atoms with van der Waals surface area (Å²) >= 11 is 0. The Balaban J connectivity index is 1.54. The van der Waals surface area contributed by atoms with Crippen molar-refractivity contribution in [2.45, 2.75) is 0 Å². The van der Waals surface area contributed by atoms with Gasteiger partial charge >= 0.3 is 0 Å². The van der Waals surface area contributed by atoms with Crippen molar-refractivity contribution in [3.8, 4) is 28.9 Å². The number of amides is 1. The van der Waals surface area contributed by atoms with E-state index in [2.05, 4.69) is 15.3 Å². The molecule has 8 nitrogen and oxygen atoms in total. The van der Waals surface area contributed by atoms with E-state index in [-0.39, 0.29) is 5.91 Å². The third-order valence-electron chi connectivity index (χ3n) is 4.98. The Kier molecular flexibility index (Phi) is 6.88. The van der Waals surface area contributed by atoms with Crippen LogP contribution in [-0.2, 0) is 4.79 Å². The van der Waals surface area contributed by atoms with Crippen LogP contribution in [0.5, 0.6) is 28.9 Å². The molecular formula is C26H23N3O5. The van der Waals surface area contributed by atoms with Crippen molar-refractivity contribution in [3.63, 3.8) is 0 Å². The summed E-state index contributed by atoms with van der Waals surface area (Å²) in [5, 5.41) is 3.60. The van der Waals surface area contributed by atoms with Crippen molar-refractivity contribution in [2.75, 3.05) is 26.6 Å². The van der Waals surface area contributed by atoms with Crippen molar-refractivity contribution >= 4 is 28.6 Å². The molecule has 3 aromatic carbocycles. The smallest absolute Gasteiger partial charge is 0.248 e. The van der Waals surface area contributed by atoms with Gasteiger partial charge in [-0.1, -0.05) is 30.3 Å². The molecular weight excluding hydrogens is 434 g/mol. The fourth-order valence-corrected chi connectivity index (χ4v) is 3.38. The molecule has 8 heteroatoms. The molecule has 0 bridgehead atoms. The molecule has 1 aromatic heterocycles. The number of aromatic nitrogens is 2. The van der Waals surface area contributed by atoms with Crippen LogP contribution in [0.25, 0.3) is 17.0 Å². The number of methoxy groups -OCH3 is 3. The predicted molar refractivity (Wildman–Crippen MR) is 130 cm³/mol. The van der Waals surface area contributed by atoms with Crippen LogP contribution in [0, 0.1) is 0 Å². The van der Waals surface area contributed by atoms with Crippen LogP contribution in [0.3, 0.4) is 0 Å². The number of hydrogen-bond donors (Lipinski definition) is 1. The number of fused-ring (bicyclic) bond motifs is 1. The number of carbonyl (C=O) groups is 1. The van der Waals surface area contributed by atoms with E-state index in [1.807, 2.05) is 48.5 Å². The first-order valence-electron chi connectivity index (χ1n) is 10.4. The van der Waals surface area contributed by atoms with Crippen LogP contribution in [0.2, 0.25) is 0 Å². The van der Waals surface area contributed by atoms with Crippen molar-refractivity contribution < 1.29 is 23.7 Å². The number of nitrogens with one attached hydrogen (secondary N) is 1. The molecule has 0 saturated carbocycles. The zero-order valence-electron chi connectivity index (χ0n) is 18.9. The first-order chi connectivity index (χ1) is 16.6. The van der Waals surface area contributed by atoms with Gasteiger partial charge in [-0.05, 0) is 24.3 Å². The second-order valence-electron chi connectivity index (χ2n) is 7.07. The number of hydrogen-bond acceptors (Lipinski definition) is 7. The van der Waals surface area contributed by atoms with Crippen LogP contribution in [0.1, 0.15) is 5.56 Å². The first-order valence-corrected chi connectivity index (χ1v) is 10.4. The number of anilines is 1. The molecule has 4 aromatic rings. The lowest BCUT2D eigenvalue weighted by atomic mass is 10.2. The highest BCUT2D eigenvalue weighted by atomic mass is 16.5. The van der Waals surface area contributed by atoms with Crippen LogP contribution in [0.4, 0.5) is 5.69 Å². The molecule has 0 radical (unpaired) electrons. The minimum absolute atomic E-state index is 0.337. The molecule has 0 saturated heterocycles. The van der Waals surface area contributed by atoms with Gasteiger partial charge in [0.05, 0.1) is 32.2 Å². The number of benzene rings is 3. The molecule has 4 rings (SSSR count). The van der Waals surface area contributed by atoms with Gasteiger partial charge in [0.15, 0.2) is 11.5 Å². The molecule has 0 aliphatic rings. The maximum Gasteiger partial charge on any atom is 0.248 e. The molecule has 0 aliphatic carbocycles. The highest BCUT2D eigenvalue weighted by molar-refractivity contribution is 6.02. The molecule has 0 spiro atoms. The summed E-state index contributed by atoms with van der Waals surface area (Å²) in [4.78, 5) is 21.1. The second-order valence-corrected chi connectivity index (χ2v) is 7.07. The normalized spacial score (nSPS) is 10.8. The van der Waals surface area contributed by atoms with E-state index in [0.717, 1.165) is 10.9 Å². The zero-order chi connectivity index (χ0) is 23.9. The SMILES string of the molecule is COc1cc(NC(=O)/C=C/c2ccccc2Oc2ncnc3ccccc23)cc(OC)c1OC. The molecule has 0 atom stereocenters. The van der Waals surface area contributed by atoms with E-state index in [1.165, 1.54) is 33.7 Å². The van der Waals surface area contributed by atoms with E-state index in [0.29, 0.717) is 40.1 Å². The van der Waals surface area contributed by atoms with Crippen molar-refractivity contribution in [2.24, 2.45) is 0 Å². The molecule has 0 fully saturated rings. The molecule has 34 heavy (non-hydrogen) atoms. The fourth-order valence-electron chi connectivity index (χ4n) is 3.38. The zero-order valence-corrected chi connectivity index (χ0v) is 18.9. The van der Waals surface area contributed by atoms with Crippen LogP contribution in [0.15, 0.2) is 73.1 Å². The number of ether oxygens (including phenoxy) is 4. The van der Waals surface area contributed by atoms with Crippen LogP contribution < -0.4 is 24.3 Å². The lowest BCUT2D eigenvalue weighted by Crippen LogP contribution is -2.08. The molecule has 0 unspecified atom stereocenters. The summed E-state index contributed by atoms with van der Waals surface area (Å²) < 4.78 is 22.1. The van der Waals surface area contributed by atoms with Crippen molar-refractivity contribution in [3.05, 3.63) is 78.6 Å². The Morgan fingerprint density at radius 1 is 0.853 bits per heavy atom. The lowest BCUT2D eigenvalue weighted by Gasteiger charge is -2.14. The number of nitrogens with zero attached hydrogens (tertiary/aromatic N) is 2. The van der Waals surface area contributed by atoms with Gasteiger partial charge in [-0.25, -0.2) is 9.97 Å². The predicted octanol–water partition coefficient (Wildman–Crippen LogP) is 5.10. The number of carbonyl (C=O) groups excluding carboxylic acids is 1. The summed E-state index contributed by atoms with van der Waals surface area (Å²) in [6, 6.07) is 18.3. The quantitative estimate of drug-likeness (QED) is 0.368. The lowest BCUT2D eigenvalue weighted by molar-refractivity contribution is -0.111. The molecule has 1 heterocycles. The maximum absolute atomic E-state index is 12.6. The van der Waals surface area contributed by atoms with Gasteiger partial charge in [0.25, 0.3) is 0 Å². The van der Waals surface area contributed by atoms with E-state index in [4.69, 9.17) is 18.9 Å². The largest absolute Gasteiger partial charge is 0.493 e. The van der Waals surface area contributed by atoms with Gasteiger partial charge in [0.1, 0.15) is 12.1 Å². The second kappa shape index (κ2) is 10.4. The van der Waals surface area contributed by atoms with Gasteiger partial charge in [0.2, 0.25) is 17.5 Å². The summed E-state index contributed by atoms with van der Waals surface area (Å²) in [5.41, 5.74) is 2.00. The summed E-state index contributed by atoms with van der Waals surface area (Å²) in [7, 11) is 4.55. The standard InChI is InChI=1S/C26H23N3O5/c1-31-22-14-18(15-23(32-2)25(22)33-3)29-24(30)13-12-17-8-4-7-11-21(17)34-26-19-9-5-6-10-20(19)27-16-28-26/h4-16H,1-3H3,(H,29,30)/b13-12+. The highest BCUT2D eigenvalue weighted by Gasteiger charge is 2.14. The Labute approximate surface area is 196 Å². The van der Waals surface area contributed by atoms with Crippen molar-refractivity contribution in [1.82, 2.24) is 9.97 Å². The third kappa shape index (κ3) is 4.91. The van der Waals surface area contributed by atoms with Crippen molar-refractivity contribution in [1.29, 1.82) is 0 Å². The minimum atomic E-state index is -0.337. The molecule has 1 amide bonds. The summed E-state index contributed by atoms with van der Waals surface area (Å²) in [6.07, 6.45) is 4.55. The van der Waals surface area contributed by atoms with E-state index in [1.54, 1.807) is 18.2 Å². The maximum atomic E-state index is 12.6. The third-order valence-corrected chi connectivity index (χ3v) is 4.98. The monoisotopic (exact) mass is 457 g/mol. The Morgan fingerprint density at radius 2 is 1.56 bits per heavy atom. The van der Waals surface area contributed by atoms with Gasteiger partial charge in [-0.3, -0.25) is 4.79 Å². The fraction of sp³-hybridized carbons (Fsp3) is 0.115. The van der Waals surface area contributed by atoms with Gasteiger partial charge in [-0.15, -0.1) is 0 Å². The Hall–Kier alpha value is -4.59. The first kappa shape index (κ1) is 22.6. The van der Waals surface area contributed by atoms with E-state index in [9.17, 15) is 4.79 Å². The van der Waals surface area contributed by atoms with Crippen LogP contribution >= 0.6 is 0 Å². The molecule has 0 aliphatic heterocycles. The highest BCUT2D eigenvalue weighted by Crippen LogP contribution is 2.40. The summed E-state index contributed by atoms with van der Waals surface area (Å²) in [5.74, 6) is 1.99. The van der Waals surface area contributed by atoms with E-state index >= 15 is 0 Å². The average molecular weight is 457 g/mol. The Morgan fingerprint density at radius 3 is 2.29 bits per heavy atom. The number of para-hydroxylation sites is 2. The van der Waals surface area contributed by atoms with Gasteiger partial charge in [-0.2, -0.15) is 0 Å². The topological polar surface area (TPSA) is 91.8 Å². The van der Waals surface area contributed by atoms with Gasteiger partial charge < -0.3 is 24.3 Å².